The van der Waals surface area contributed by atoms with Gasteiger partial charge in [-0.3, -0.25) is 4.90 Å². The number of hydrogen-bond donors (Lipinski definition) is 1. The quantitative estimate of drug-likeness (QED) is 0.909. The van der Waals surface area contributed by atoms with Gasteiger partial charge in [-0.05, 0) is 37.0 Å². The Hall–Kier alpha value is -0.930. The zero-order valence-corrected chi connectivity index (χ0v) is 13.1. The molecule has 1 unspecified atom stereocenters. The van der Waals surface area contributed by atoms with E-state index in [1.54, 1.807) is 6.07 Å². The van der Waals surface area contributed by atoms with E-state index in [1.165, 1.54) is 44.6 Å². The zero-order valence-electron chi connectivity index (χ0n) is 13.1. The minimum absolute atomic E-state index is 0.120. The van der Waals surface area contributed by atoms with Crippen LogP contribution in [0.3, 0.4) is 0 Å². The summed E-state index contributed by atoms with van der Waals surface area (Å²) in [6.07, 6.45) is 7.72. The van der Waals surface area contributed by atoms with Crippen LogP contribution in [0.4, 0.5) is 4.39 Å². The van der Waals surface area contributed by atoms with Crippen LogP contribution in [0.15, 0.2) is 24.3 Å². The Morgan fingerprint density at radius 3 is 2.86 bits per heavy atom. The molecule has 3 heteroatoms. The molecule has 1 aromatic carbocycles. The van der Waals surface area contributed by atoms with E-state index in [-0.39, 0.29) is 5.82 Å². The summed E-state index contributed by atoms with van der Waals surface area (Å²) in [6, 6.07) is 7.68. The van der Waals surface area contributed by atoms with Crippen molar-refractivity contribution in [3.05, 3.63) is 35.6 Å². The van der Waals surface area contributed by atoms with Gasteiger partial charge in [-0.25, -0.2) is 4.39 Å². The van der Waals surface area contributed by atoms with Crippen molar-refractivity contribution in [3.8, 4) is 0 Å². The fourth-order valence-electron chi connectivity index (χ4n) is 4.10. The molecule has 116 valence electrons. The number of hydrogen-bond acceptors (Lipinski definition) is 2. The molecule has 1 aliphatic heterocycles. The average Bonchev–Trinajstić information content (AvgIpc) is 2.91. The number of nitrogens with one attached hydrogen (secondary N) is 1. The molecule has 2 nitrogen and oxygen atoms in total. The monoisotopic (exact) mass is 290 g/mol. The second-order valence-corrected chi connectivity index (χ2v) is 6.85. The molecular formula is C18H27FN2. The molecule has 0 amide bonds. The number of rotatable bonds is 4. The lowest BCUT2D eigenvalue weighted by Crippen LogP contribution is -2.62. The van der Waals surface area contributed by atoms with Gasteiger partial charge in [-0.1, -0.05) is 38.3 Å². The first-order valence-corrected chi connectivity index (χ1v) is 8.44. The Morgan fingerprint density at radius 1 is 1.33 bits per heavy atom. The number of nitrogens with zero attached hydrogens (tertiary/aromatic N) is 1. The van der Waals surface area contributed by atoms with Crippen LogP contribution < -0.4 is 5.32 Å². The summed E-state index contributed by atoms with van der Waals surface area (Å²) in [5, 5.41) is 3.84. The molecule has 2 fully saturated rings. The van der Waals surface area contributed by atoms with Gasteiger partial charge >= 0.3 is 0 Å². The molecule has 1 aliphatic carbocycles. The highest BCUT2D eigenvalue weighted by Crippen LogP contribution is 2.34. The van der Waals surface area contributed by atoms with Gasteiger partial charge in [-0.2, -0.15) is 0 Å². The lowest BCUT2D eigenvalue weighted by atomic mass is 9.91. The third-order valence-corrected chi connectivity index (χ3v) is 5.19. The Balaban J connectivity index is 1.73. The van der Waals surface area contributed by atoms with Crippen molar-refractivity contribution in [2.75, 3.05) is 13.1 Å². The van der Waals surface area contributed by atoms with Crippen molar-refractivity contribution < 1.29 is 4.39 Å². The molecule has 1 aromatic rings. The van der Waals surface area contributed by atoms with E-state index in [9.17, 15) is 4.39 Å². The van der Waals surface area contributed by atoms with Gasteiger partial charge in [0.25, 0.3) is 0 Å². The molecule has 3 rings (SSSR count). The lowest BCUT2D eigenvalue weighted by Gasteiger charge is -2.46. The fraction of sp³-hybridized carbons (Fsp3) is 0.667. The van der Waals surface area contributed by atoms with Gasteiger partial charge in [0.2, 0.25) is 0 Å². The van der Waals surface area contributed by atoms with Crippen molar-refractivity contribution in [2.24, 2.45) is 0 Å². The zero-order chi connectivity index (χ0) is 14.7. The summed E-state index contributed by atoms with van der Waals surface area (Å²) in [5.74, 6) is -0.120. The molecule has 0 radical (unpaired) electrons. The summed E-state index contributed by atoms with van der Waals surface area (Å²) in [4.78, 5) is 2.60. The van der Waals surface area contributed by atoms with E-state index in [1.807, 2.05) is 6.07 Å². The van der Waals surface area contributed by atoms with Crippen molar-refractivity contribution >= 4 is 0 Å². The third-order valence-electron chi connectivity index (χ3n) is 5.19. The first kappa shape index (κ1) is 15.0. The molecule has 21 heavy (non-hydrogen) atoms. The van der Waals surface area contributed by atoms with Crippen molar-refractivity contribution in [1.29, 1.82) is 0 Å². The van der Waals surface area contributed by atoms with Gasteiger partial charge in [0, 0.05) is 31.2 Å². The first-order chi connectivity index (χ1) is 10.2. The number of benzene rings is 1. The van der Waals surface area contributed by atoms with E-state index < -0.39 is 0 Å². The van der Waals surface area contributed by atoms with Gasteiger partial charge in [0.15, 0.2) is 0 Å². The molecule has 2 aliphatic rings. The Kier molecular flexibility index (Phi) is 4.60. The first-order valence-electron chi connectivity index (χ1n) is 8.44. The number of piperazine rings is 1. The number of halogens is 1. The van der Waals surface area contributed by atoms with Crippen LogP contribution in [-0.4, -0.2) is 29.6 Å². The van der Waals surface area contributed by atoms with Crippen LogP contribution in [0.1, 0.15) is 51.0 Å². The highest BCUT2D eigenvalue weighted by atomic mass is 19.1. The molecule has 1 N–H and O–H groups in total. The Labute approximate surface area is 127 Å². The minimum Gasteiger partial charge on any atom is -0.308 e. The van der Waals surface area contributed by atoms with E-state index in [4.69, 9.17) is 0 Å². The van der Waals surface area contributed by atoms with Crippen LogP contribution in [0.2, 0.25) is 0 Å². The predicted octanol–water partition coefficient (Wildman–Crippen LogP) is 3.71. The van der Waals surface area contributed by atoms with Crippen LogP contribution in [-0.2, 0) is 6.54 Å². The molecule has 0 bridgehead atoms. The summed E-state index contributed by atoms with van der Waals surface area (Å²) in [5.41, 5.74) is 1.43. The van der Waals surface area contributed by atoms with Gasteiger partial charge in [0.05, 0.1) is 0 Å². The Morgan fingerprint density at radius 2 is 2.14 bits per heavy atom. The van der Waals surface area contributed by atoms with Crippen molar-refractivity contribution in [1.82, 2.24) is 10.2 Å². The second-order valence-electron chi connectivity index (χ2n) is 6.85. The van der Waals surface area contributed by atoms with Crippen LogP contribution in [0.25, 0.3) is 0 Å². The van der Waals surface area contributed by atoms with E-state index in [0.29, 0.717) is 11.6 Å². The Bertz CT molecular complexity index is 468. The summed E-state index contributed by atoms with van der Waals surface area (Å²) in [7, 11) is 0. The summed E-state index contributed by atoms with van der Waals surface area (Å²) in [6.45, 7) is 5.34. The maximum atomic E-state index is 13.4. The largest absolute Gasteiger partial charge is 0.308 e. The van der Waals surface area contributed by atoms with Gasteiger partial charge < -0.3 is 5.32 Å². The minimum atomic E-state index is -0.120. The lowest BCUT2D eigenvalue weighted by molar-refractivity contribution is 0.0689. The highest BCUT2D eigenvalue weighted by molar-refractivity contribution is 5.17. The van der Waals surface area contributed by atoms with E-state index in [2.05, 4.69) is 23.2 Å². The summed E-state index contributed by atoms with van der Waals surface area (Å²) < 4.78 is 13.4. The molecule has 0 aromatic heterocycles. The van der Waals surface area contributed by atoms with Gasteiger partial charge in [-0.15, -0.1) is 0 Å². The van der Waals surface area contributed by atoms with E-state index >= 15 is 0 Å². The molecule has 1 saturated carbocycles. The maximum absolute atomic E-state index is 13.4. The molecular weight excluding hydrogens is 263 g/mol. The maximum Gasteiger partial charge on any atom is 0.123 e. The smallest absolute Gasteiger partial charge is 0.123 e. The fourth-order valence-corrected chi connectivity index (χ4v) is 4.10. The van der Waals surface area contributed by atoms with Gasteiger partial charge in [0.1, 0.15) is 5.82 Å². The predicted molar refractivity (Wildman–Crippen MR) is 84.7 cm³/mol. The van der Waals surface area contributed by atoms with Crippen LogP contribution in [0, 0.1) is 5.82 Å². The van der Waals surface area contributed by atoms with Crippen LogP contribution >= 0.6 is 0 Å². The summed E-state index contributed by atoms with van der Waals surface area (Å²) >= 11 is 0. The van der Waals surface area contributed by atoms with E-state index in [0.717, 1.165) is 25.2 Å². The van der Waals surface area contributed by atoms with Crippen molar-refractivity contribution in [2.45, 2.75) is 63.6 Å². The highest BCUT2D eigenvalue weighted by Gasteiger charge is 2.40. The average molecular weight is 290 g/mol. The second kappa shape index (κ2) is 6.45. The van der Waals surface area contributed by atoms with Crippen LogP contribution in [0.5, 0.6) is 0 Å². The van der Waals surface area contributed by atoms with Crippen molar-refractivity contribution in [3.63, 3.8) is 0 Å². The molecule has 1 spiro atoms. The molecule has 1 heterocycles. The molecule has 1 saturated heterocycles. The molecule has 1 atom stereocenters. The standard InChI is InChI=1S/C18H27FN2/c1-2-6-17-12-20-18(9-3-4-10-18)14-21(17)13-15-7-5-8-16(19)11-15/h5,7-8,11,17,20H,2-4,6,9-10,12-14H2,1H3. The normalized spacial score (nSPS) is 25.5. The topological polar surface area (TPSA) is 15.3 Å². The SMILES string of the molecule is CCCC1CNC2(CCCC2)CN1Cc1cccc(F)c1. The third kappa shape index (κ3) is 3.46.